The maximum Gasteiger partial charge on any atom is 0.510 e. The summed E-state index contributed by atoms with van der Waals surface area (Å²) in [6.45, 7) is -2.20. The monoisotopic (exact) mass is 1190 g/mol. The van der Waals surface area contributed by atoms with Crippen LogP contribution >= 0.6 is 0 Å². The van der Waals surface area contributed by atoms with Crippen molar-refractivity contribution in [3.63, 3.8) is 0 Å². The Balaban J connectivity index is 1.04. The van der Waals surface area contributed by atoms with Crippen LogP contribution in [0.5, 0.6) is 57.5 Å². The number of ether oxygens (including phenoxy) is 12. The molecule has 454 valence electrons. The van der Waals surface area contributed by atoms with Gasteiger partial charge in [-0.2, -0.15) is 0 Å². The van der Waals surface area contributed by atoms with E-state index in [0.29, 0.717) is 11.1 Å². The fraction of sp³-hybridized carbons (Fsp3) is 0.400. The van der Waals surface area contributed by atoms with Crippen LogP contribution in [0.1, 0.15) is 11.1 Å². The van der Waals surface area contributed by atoms with Crippen LogP contribution in [-0.4, -0.2) is 223 Å². The molecule has 1 aliphatic carbocycles. The van der Waals surface area contributed by atoms with Gasteiger partial charge in [0.25, 0.3) is 0 Å². The molecule has 3 aromatic rings. The van der Waals surface area contributed by atoms with E-state index in [9.17, 15) is 80.8 Å². The van der Waals surface area contributed by atoms with Gasteiger partial charge in [-0.15, -0.1) is 0 Å². The van der Waals surface area contributed by atoms with Crippen molar-refractivity contribution in [3.05, 3.63) is 94.2 Å². The molecule has 14 N–H and O–H groups in total. The molecule has 5 aliphatic rings. The van der Waals surface area contributed by atoms with Crippen molar-refractivity contribution >= 4 is 24.1 Å². The highest BCUT2D eigenvalue weighted by molar-refractivity contribution is 5.88. The molecule has 0 unspecified atom stereocenters. The van der Waals surface area contributed by atoms with Crippen molar-refractivity contribution in [1.82, 2.24) is 0 Å². The van der Waals surface area contributed by atoms with E-state index in [1.54, 1.807) is 0 Å². The molecular weight excluding hydrogens is 1120 g/mol. The van der Waals surface area contributed by atoms with Gasteiger partial charge in [-0.1, -0.05) is 0 Å². The average Bonchev–Trinajstić information content (AvgIpc) is 2.20. The van der Waals surface area contributed by atoms with Gasteiger partial charge in [0.2, 0.25) is 37.0 Å². The molecule has 0 radical (unpaired) electrons. The van der Waals surface area contributed by atoms with Gasteiger partial charge in [-0.25, -0.2) is 4.79 Å². The summed E-state index contributed by atoms with van der Waals surface area (Å²) in [5.41, 5.74) is -0.460. The lowest BCUT2D eigenvalue weighted by Crippen LogP contribution is -2.60. The first-order valence-electron chi connectivity index (χ1n) is 25.3. The minimum Gasteiger partial charge on any atom is -0.504 e. The lowest BCUT2D eigenvalue weighted by atomic mass is 9.99. The first-order chi connectivity index (χ1) is 40.1. The summed E-state index contributed by atoms with van der Waals surface area (Å²) in [5.74, 6) is -4.57. The average molecular weight is 1190 g/mol. The van der Waals surface area contributed by atoms with E-state index in [1.807, 2.05) is 0 Å². The second-order valence-electron chi connectivity index (χ2n) is 19.0. The van der Waals surface area contributed by atoms with Gasteiger partial charge in [0, 0.05) is 23.8 Å². The highest BCUT2D eigenvalue weighted by atomic mass is 16.7. The fourth-order valence-electron chi connectivity index (χ4n) is 8.90. The number of hydrogen-bond acceptors (Lipinski definition) is 28. The molecule has 29 heteroatoms. The predicted octanol–water partition coefficient (Wildman–Crippen LogP) is -1.40. The number of carbonyl (C=O) groups excluding carboxylic acids is 2. The van der Waals surface area contributed by atoms with Crippen molar-refractivity contribution in [2.24, 2.45) is 0 Å². The molecule has 0 bridgehead atoms. The number of benzene rings is 4. The number of rotatable bonds is 20. The third kappa shape index (κ3) is 13.5. The Hall–Kier alpha value is -8.01. The summed E-state index contributed by atoms with van der Waals surface area (Å²) >= 11 is 0. The van der Waals surface area contributed by atoms with E-state index in [0.717, 1.165) is 42.5 Å². The second-order valence-corrected chi connectivity index (χ2v) is 19.0. The number of hydrogen-bond donors (Lipinski definition) is 13. The maximum absolute atomic E-state index is 13.9. The summed E-state index contributed by atoms with van der Waals surface area (Å²) in [7, 11) is 5.26. The van der Waals surface area contributed by atoms with E-state index in [1.165, 1.54) is 70.9 Å². The molecule has 0 spiro atoms. The summed E-state index contributed by atoms with van der Waals surface area (Å²) in [6.07, 6.45) is -22.6. The highest BCUT2D eigenvalue weighted by Gasteiger charge is 2.49. The van der Waals surface area contributed by atoms with Crippen molar-refractivity contribution in [3.8, 4) is 80.1 Å². The molecule has 15 atom stereocenters. The Kier molecular flexibility index (Phi) is 19.7. The van der Waals surface area contributed by atoms with E-state index in [4.69, 9.17) is 61.3 Å². The summed E-state index contributed by atoms with van der Waals surface area (Å²) in [4.78, 5) is 37.2. The van der Waals surface area contributed by atoms with Crippen LogP contribution in [0.3, 0.4) is 0 Å². The largest absolute Gasteiger partial charge is 0.510 e. The zero-order valence-electron chi connectivity index (χ0n) is 44.7. The normalized spacial score (nSPS) is 28.0. The zero-order valence-corrected chi connectivity index (χ0v) is 44.7. The minimum atomic E-state index is -2.02. The van der Waals surface area contributed by atoms with Crippen LogP contribution in [0.4, 0.5) is 0 Å². The van der Waals surface area contributed by atoms with Gasteiger partial charge >= 0.3 is 11.9 Å². The molecular formula is C55H61O29+. The first-order valence-corrected chi connectivity index (χ1v) is 25.3. The molecule has 0 amide bonds. The lowest BCUT2D eigenvalue weighted by Gasteiger charge is -2.40. The predicted molar refractivity (Wildman–Crippen MR) is 282 cm³/mol. The molecule has 3 fully saturated rings. The summed E-state index contributed by atoms with van der Waals surface area (Å²) in [6, 6.07) is 12.2. The van der Waals surface area contributed by atoms with Gasteiger partial charge in [-0.3, -0.25) is 4.79 Å². The van der Waals surface area contributed by atoms with E-state index in [2.05, 4.69) is 0 Å². The number of phenols is 3. The molecule has 0 saturated carbocycles. The van der Waals surface area contributed by atoms with Gasteiger partial charge < -0.3 is 132 Å². The van der Waals surface area contributed by atoms with Crippen molar-refractivity contribution < 1.29 is 137 Å². The number of phenolic OH excluding ortho intramolecular Hbond substituents is 3. The van der Waals surface area contributed by atoms with Crippen LogP contribution < -0.4 is 38.6 Å². The molecule has 4 aliphatic heterocycles. The molecule has 3 aromatic carbocycles. The molecule has 8 rings (SSSR count). The zero-order chi connectivity index (χ0) is 60.8. The van der Waals surface area contributed by atoms with Gasteiger partial charge in [0.05, 0.1) is 46.7 Å². The topological polar surface area (TPSA) is 442 Å². The Morgan fingerprint density at radius 1 is 0.536 bits per heavy atom. The van der Waals surface area contributed by atoms with Crippen LogP contribution in [0, 0.1) is 0 Å². The Morgan fingerprint density at radius 3 is 1.51 bits per heavy atom. The number of aromatic hydroxyl groups is 3. The summed E-state index contributed by atoms with van der Waals surface area (Å²) in [5, 5.41) is 139. The third-order valence-electron chi connectivity index (χ3n) is 13.6. The standard InChI is InChI=1S/C55H60O29/c1-72-31-11-22(12-32(73-2)41(31)61)5-9-39(59)76-20-37-44(64)47(67)49(69)53(83-37)78-25-16-28(58)26-18-35(81-55-50(70)46(66)43(63)36(19-56)82-55)52(79-29(26)17-25)24-7-8-27(57)30(15-24)80-54-51(71)48(68)45(65)38(84-54)21-77-40(60)10-6-23-13-33(74-3)42(62)34(14-23)75-4/h5-18,36-38,43-51,53-57,61-71H,19-21H2,1-4H3/p+1/t36-,37+,38-,43-,44-,45-,46+,47+,48-,49-,50+,51-,53-,54-,55-/m1/s1. The van der Waals surface area contributed by atoms with Crippen LogP contribution in [0.2, 0.25) is 0 Å². The smallest absolute Gasteiger partial charge is 0.504 e. The van der Waals surface area contributed by atoms with E-state index < -0.39 is 147 Å². The van der Waals surface area contributed by atoms with Crippen LogP contribution in [0.25, 0.3) is 34.8 Å². The van der Waals surface area contributed by atoms with Crippen molar-refractivity contribution in [1.29, 1.82) is 0 Å². The van der Waals surface area contributed by atoms with E-state index >= 15 is 0 Å². The Bertz CT molecular complexity index is 3160. The van der Waals surface area contributed by atoms with Crippen LogP contribution in [0.15, 0.2) is 82.0 Å². The van der Waals surface area contributed by atoms with Crippen molar-refractivity contribution in [2.75, 3.05) is 48.3 Å². The lowest BCUT2D eigenvalue weighted by molar-refractivity contribution is -0.278. The number of carbonyl (C=O) groups is 1. The second kappa shape index (κ2) is 26.7. The quantitative estimate of drug-likeness (QED) is 0.0242. The van der Waals surface area contributed by atoms with Crippen LogP contribution in [-0.2, 0) is 28.5 Å². The SMILES string of the molecule is COc1cc(C=CC(=O)OC[C@H]2O[C@@H](Oc3cc(-c4oc5cc(O[C@@H]6O[C@@H](COC(=[OH+])C=Cc7cc(OC)c(O)c(OC)c7)[C@@H](O)[C@H](O)[C@H]6O)cc(=O)c-5cc4O[C@@H]4O[C@H](CO)[C@@H](O)[C@H](O)[C@@H]4O)ccc3O)[C@H](O)[C@H](O)[C@@H]2O)cc(OC)c1O. The minimum absolute atomic E-state index is 0.0439. The maximum atomic E-state index is 13.9. The van der Waals surface area contributed by atoms with Gasteiger partial charge in [0.15, 0.2) is 57.5 Å². The number of aliphatic hydroxyl groups is 10. The first kappa shape index (κ1) is 62.0. The Labute approximate surface area is 474 Å². The van der Waals surface area contributed by atoms with Gasteiger partial charge in [0.1, 0.15) is 85.3 Å². The molecule has 84 heavy (non-hydrogen) atoms. The molecule has 29 nitrogen and oxygen atoms in total. The number of esters is 2. The molecule has 3 saturated heterocycles. The number of aliphatic hydroxyl groups excluding tert-OH is 10. The van der Waals surface area contributed by atoms with Gasteiger partial charge in [-0.05, 0) is 71.8 Å². The highest BCUT2D eigenvalue weighted by Crippen LogP contribution is 2.44. The van der Waals surface area contributed by atoms with Crippen molar-refractivity contribution in [2.45, 2.75) is 92.1 Å². The Morgan fingerprint density at radius 2 is 1.00 bits per heavy atom. The fourth-order valence-corrected chi connectivity index (χ4v) is 8.90. The molecule has 0 aromatic heterocycles. The number of fused-ring (bicyclic) bond motifs is 1. The summed E-state index contributed by atoms with van der Waals surface area (Å²) < 4.78 is 72.1. The number of methoxy groups -OCH3 is 4. The third-order valence-corrected chi connectivity index (χ3v) is 13.6. The molecule has 4 heterocycles. The van der Waals surface area contributed by atoms with E-state index in [-0.39, 0.29) is 62.9 Å².